The second-order valence-electron chi connectivity index (χ2n) is 8.43. The number of benzene rings is 1. The van der Waals surface area contributed by atoms with Crippen LogP contribution < -0.4 is 10.9 Å². The van der Waals surface area contributed by atoms with Crippen LogP contribution in [0.4, 0.5) is 0 Å². The van der Waals surface area contributed by atoms with Gasteiger partial charge in [0.1, 0.15) is 0 Å². The second-order valence-corrected chi connectivity index (χ2v) is 8.43. The van der Waals surface area contributed by atoms with E-state index in [0.717, 1.165) is 22.4 Å². The molecule has 0 fully saturated rings. The van der Waals surface area contributed by atoms with Gasteiger partial charge in [0, 0.05) is 48.6 Å². The van der Waals surface area contributed by atoms with Crippen LogP contribution in [0.25, 0.3) is 16.9 Å². The Kier molecular flexibility index (Phi) is 6.62. The number of carbonyl (C=O) groups is 1. The zero-order valence-electron chi connectivity index (χ0n) is 19.7. The Labute approximate surface area is 197 Å². The first-order valence-electron chi connectivity index (χ1n) is 11.2. The molecule has 1 aromatic carbocycles. The fourth-order valence-corrected chi connectivity index (χ4v) is 3.59. The van der Waals surface area contributed by atoms with Crippen molar-refractivity contribution in [2.45, 2.75) is 46.7 Å². The minimum absolute atomic E-state index is 0.0936. The van der Waals surface area contributed by atoms with Gasteiger partial charge >= 0.3 is 0 Å². The van der Waals surface area contributed by atoms with Gasteiger partial charge in [0.2, 0.25) is 0 Å². The zero-order valence-corrected chi connectivity index (χ0v) is 19.7. The lowest BCUT2D eigenvalue weighted by atomic mass is 10.0. The number of hydrogen-bond acceptors (Lipinski definition) is 6. The average Bonchev–Trinajstić information content (AvgIpc) is 3.33. The van der Waals surface area contributed by atoms with Crippen LogP contribution >= 0.6 is 0 Å². The molecule has 4 rings (SSSR count). The number of aromatic nitrogens is 6. The van der Waals surface area contributed by atoms with Crippen molar-refractivity contribution in [3.05, 3.63) is 87.7 Å². The van der Waals surface area contributed by atoms with E-state index in [2.05, 4.69) is 25.8 Å². The topological polar surface area (TPSA) is 108 Å². The summed E-state index contributed by atoms with van der Waals surface area (Å²) >= 11 is 0. The Balaban J connectivity index is 1.69. The lowest BCUT2D eigenvalue weighted by Gasteiger charge is -2.12. The smallest absolute Gasteiger partial charge is 0.251 e. The molecule has 1 N–H and O–H groups in total. The van der Waals surface area contributed by atoms with Gasteiger partial charge in [-0.05, 0) is 65.7 Å². The number of aryl methyl sites for hydroxylation is 2. The van der Waals surface area contributed by atoms with Crippen LogP contribution in [0.2, 0.25) is 0 Å². The normalized spacial score (nSPS) is 11.1. The van der Waals surface area contributed by atoms with Crippen molar-refractivity contribution in [2.24, 2.45) is 0 Å². The predicted molar refractivity (Wildman–Crippen MR) is 129 cm³/mol. The summed E-state index contributed by atoms with van der Waals surface area (Å²) in [4.78, 5) is 29.7. The van der Waals surface area contributed by atoms with Crippen LogP contribution in [-0.2, 0) is 13.1 Å². The molecule has 0 saturated carbocycles. The van der Waals surface area contributed by atoms with Crippen molar-refractivity contribution in [2.75, 3.05) is 0 Å². The molecule has 0 bridgehead atoms. The van der Waals surface area contributed by atoms with Crippen LogP contribution in [0, 0.1) is 6.92 Å². The van der Waals surface area contributed by atoms with Gasteiger partial charge in [0.05, 0.1) is 11.4 Å². The molecule has 0 aliphatic rings. The molecule has 0 aliphatic heterocycles. The number of pyridine rings is 2. The number of carbonyl (C=O) groups excluding carboxylic acids is 1. The molecule has 3 heterocycles. The van der Waals surface area contributed by atoms with Gasteiger partial charge in [-0.3, -0.25) is 14.6 Å². The van der Waals surface area contributed by atoms with E-state index < -0.39 is 0 Å². The monoisotopic (exact) mass is 457 g/mol. The number of nitrogens with zero attached hydrogens (tertiary/aromatic N) is 6. The first-order chi connectivity index (χ1) is 16.4. The van der Waals surface area contributed by atoms with E-state index in [1.54, 1.807) is 33.8 Å². The van der Waals surface area contributed by atoms with E-state index >= 15 is 0 Å². The minimum atomic E-state index is -0.269. The Morgan fingerprint density at radius 2 is 1.94 bits per heavy atom. The number of nitrogens with one attached hydrogen (secondary N) is 1. The van der Waals surface area contributed by atoms with E-state index in [4.69, 9.17) is 0 Å². The quantitative estimate of drug-likeness (QED) is 0.456. The Bertz CT molecular complexity index is 1370. The van der Waals surface area contributed by atoms with Gasteiger partial charge in [-0.2, -0.15) is 4.68 Å². The molecule has 4 aromatic rings. The SMILES string of the molecule is CCn1ccc(CNC(=O)c2cc(-c3ccc(C)cn3)cc(-n3nnnc3C(C)C)c2)cc1=O. The fraction of sp³-hybridized carbons (Fsp3) is 0.280. The zero-order chi connectivity index (χ0) is 24.2. The fourth-order valence-electron chi connectivity index (χ4n) is 3.59. The van der Waals surface area contributed by atoms with Crippen LogP contribution in [0.15, 0.2) is 59.7 Å². The van der Waals surface area contributed by atoms with Gasteiger partial charge in [0.25, 0.3) is 11.5 Å². The number of tetrazole rings is 1. The highest BCUT2D eigenvalue weighted by Gasteiger charge is 2.16. The van der Waals surface area contributed by atoms with E-state index in [-0.39, 0.29) is 23.9 Å². The Morgan fingerprint density at radius 1 is 1.12 bits per heavy atom. The van der Waals surface area contributed by atoms with Crippen molar-refractivity contribution >= 4 is 5.91 Å². The maximum absolute atomic E-state index is 13.1. The summed E-state index contributed by atoms with van der Waals surface area (Å²) < 4.78 is 3.25. The molecule has 0 atom stereocenters. The standard InChI is InChI=1S/C25H27N7O2/c1-5-31-9-8-18(10-23(31)33)15-27-25(34)20-11-19(22-7-6-17(4)14-26-22)12-21(13-20)32-24(16(2)3)28-29-30-32/h6-14,16H,5,15H2,1-4H3,(H,27,34). The molecule has 0 saturated heterocycles. The molecule has 0 aliphatic carbocycles. The van der Waals surface area contributed by atoms with Crippen LogP contribution in [0.3, 0.4) is 0 Å². The van der Waals surface area contributed by atoms with E-state index in [0.29, 0.717) is 23.6 Å². The molecule has 0 spiro atoms. The first kappa shape index (κ1) is 23.0. The maximum Gasteiger partial charge on any atom is 0.251 e. The highest BCUT2D eigenvalue weighted by Crippen LogP contribution is 2.25. The third-order valence-electron chi connectivity index (χ3n) is 5.50. The first-order valence-corrected chi connectivity index (χ1v) is 11.2. The van der Waals surface area contributed by atoms with Crippen molar-refractivity contribution in [3.8, 4) is 16.9 Å². The van der Waals surface area contributed by atoms with E-state index in [1.165, 1.54) is 6.07 Å². The summed E-state index contributed by atoms with van der Waals surface area (Å²) in [7, 11) is 0. The summed E-state index contributed by atoms with van der Waals surface area (Å²) in [6.45, 7) is 8.74. The lowest BCUT2D eigenvalue weighted by molar-refractivity contribution is 0.0951. The molecule has 0 unspecified atom stereocenters. The average molecular weight is 458 g/mol. The molecule has 174 valence electrons. The number of rotatable bonds is 7. The molecule has 9 nitrogen and oxygen atoms in total. The van der Waals surface area contributed by atoms with Crippen molar-refractivity contribution < 1.29 is 4.79 Å². The molecule has 34 heavy (non-hydrogen) atoms. The van der Waals surface area contributed by atoms with Crippen LogP contribution in [0.1, 0.15) is 54.0 Å². The Morgan fingerprint density at radius 3 is 2.62 bits per heavy atom. The molecule has 3 aromatic heterocycles. The van der Waals surface area contributed by atoms with Gasteiger partial charge in [0.15, 0.2) is 5.82 Å². The van der Waals surface area contributed by atoms with E-state index in [1.807, 2.05) is 52.0 Å². The second kappa shape index (κ2) is 9.78. The summed E-state index contributed by atoms with van der Waals surface area (Å²) in [5.41, 5.74) is 4.32. The summed E-state index contributed by atoms with van der Waals surface area (Å²) in [6, 6.07) is 12.7. The number of amides is 1. The van der Waals surface area contributed by atoms with Gasteiger partial charge in [-0.25, -0.2) is 0 Å². The molecule has 1 amide bonds. The van der Waals surface area contributed by atoms with Crippen LogP contribution in [0.5, 0.6) is 0 Å². The molecule has 9 heteroatoms. The highest BCUT2D eigenvalue weighted by molar-refractivity contribution is 5.96. The van der Waals surface area contributed by atoms with Crippen molar-refractivity contribution in [1.29, 1.82) is 0 Å². The van der Waals surface area contributed by atoms with Crippen molar-refractivity contribution in [1.82, 2.24) is 35.1 Å². The predicted octanol–water partition coefficient (Wildman–Crippen LogP) is 3.27. The lowest BCUT2D eigenvalue weighted by Crippen LogP contribution is -2.25. The molecular weight excluding hydrogens is 430 g/mol. The third kappa shape index (κ3) is 4.93. The minimum Gasteiger partial charge on any atom is -0.348 e. The van der Waals surface area contributed by atoms with Gasteiger partial charge in [-0.15, -0.1) is 5.10 Å². The Hall–Kier alpha value is -4.14. The summed E-state index contributed by atoms with van der Waals surface area (Å²) in [5.74, 6) is 0.518. The number of hydrogen-bond donors (Lipinski definition) is 1. The maximum atomic E-state index is 13.1. The van der Waals surface area contributed by atoms with Crippen LogP contribution in [-0.4, -0.2) is 35.7 Å². The van der Waals surface area contributed by atoms with E-state index in [9.17, 15) is 9.59 Å². The van der Waals surface area contributed by atoms with Gasteiger partial charge < -0.3 is 9.88 Å². The molecular formula is C25H27N7O2. The van der Waals surface area contributed by atoms with Gasteiger partial charge in [-0.1, -0.05) is 19.9 Å². The summed E-state index contributed by atoms with van der Waals surface area (Å²) in [6.07, 6.45) is 3.52. The highest BCUT2D eigenvalue weighted by atomic mass is 16.1. The largest absolute Gasteiger partial charge is 0.348 e. The molecule has 0 radical (unpaired) electrons. The van der Waals surface area contributed by atoms with Crippen molar-refractivity contribution in [3.63, 3.8) is 0 Å². The summed E-state index contributed by atoms with van der Waals surface area (Å²) in [5, 5.41) is 15.0. The third-order valence-corrected chi connectivity index (χ3v) is 5.50.